The maximum Gasteiger partial charge on any atom is 0.243 e. The van der Waals surface area contributed by atoms with Gasteiger partial charge in [0.1, 0.15) is 0 Å². The quantitative estimate of drug-likeness (QED) is 0.537. The van der Waals surface area contributed by atoms with Gasteiger partial charge in [-0.15, -0.1) is 0 Å². The molecule has 1 saturated heterocycles. The standard InChI is InChI=1S/C20H31N3O3/c1-4-26-18-8-6-17(16-19(18)25-3)7-9-20(24)21-10-5-11-23-14-12-22(2)13-15-23/h6-9,16H,4-5,10-15H2,1-3H3,(H,21,24)/b9-7+. The van der Waals surface area contributed by atoms with Crippen LogP contribution in [0.15, 0.2) is 24.3 Å². The Bertz CT molecular complexity index is 596. The molecule has 144 valence electrons. The van der Waals surface area contributed by atoms with Gasteiger partial charge in [0, 0.05) is 38.8 Å². The summed E-state index contributed by atoms with van der Waals surface area (Å²) in [6.07, 6.45) is 4.32. The molecular formula is C20H31N3O3. The molecule has 26 heavy (non-hydrogen) atoms. The van der Waals surface area contributed by atoms with Gasteiger partial charge in [0.25, 0.3) is 0 Å². The molecule has 0 atom stereocenters. The summed E-state index contributed by atoms with van der Waals surface area (Å²) >= 11 is 0. The number of carbonyl (C=O) groups excluding carboxylic acids is 1. The van der Waals surface area contributed by atoms with Crippen LogP contribution in [0.1, 0.15) is 18.9 Å². The summed E-state index contributed by atoms with van der Waals surface area (Å²) < 4.78 is 10.8. The van der Waals surface area contributed by atoms with E-state index in [1.807, 2.05) is 25.1 Å². The van der Waals surface area contributed by atoms with E-state index in [1.54, 1.807) is 19.3 Å². The van der Waals surface area contributed by atoms with Crippen molar-refractivity contribution in [1.29, 1.82) is 0 Å². The molecule has 1 fully saturated rings. The fourth-order valence-electron chi connectivity index (χ4n) is 2.88. The minimum Gasteiger partial charge on any atom is -0.493 e. The summed E-state index contributed by atoms with van der Waals surface area (Å²) in [5.74, 6) is 1.30. The average molecular weight is 361 g/mol. The lowest BCUT2D eigenvalue weighted by Crippen LogP contribution is -2.45. The fraction of sp³-hybridized carbons (Fsp3) is 0.550. The number of benzene rings is 1. The van der Waals surface area contributed by atoms with E-state index in [0.29, 0.717) is 24.7 Å². The highest BCUT2D eigenvalue weighted by Gasteiger charge is 2.12. The number of likely N-dealkylation sites (N-methyl/N-ethyl adjacent to an activating group) is 1. The number of hydrogen-bond acceptors (Lipinski definition) is 5. The summed E-state index contributed by atoms with van der Waals surface area (Å²) in [6, 6.07) is 5.63. The number of nitrogens with one attached hydrogen (secondary N) is 1. The van der Waals surface area contributed by atoms with Crippen LogP contribution in [-0.2, 0) is 4.79 Å². The van der Waals surface area contributed by atoms with E-state index in [0.717, 1.165) is 44.7 Å². The van der Waals surface area contributed by atoms with Crippen LogP contribution in [0.2, 0.25) is 0 Å². The number of hydrogen-bond donors (Lipinski definition) is 1. The molecule has 1 aromatic rings. The first-order chi connectivity index (χ1) is 12.6. The molecule has 1 aliphatic rings. The van der Waals surface area contributed by atoms with Gasteiger partial charge in [-0.3, -0.25) is 4.79 Å². The number of methoxy groups -OCH3 is 1. The van der Waals surface area contributed by atoms with Crippen molar-refractivity contribution in [3.8, 4) is 11.5 Å². The second-order valence-electron chi connectivity index (χ2n) is 6.47. The SMILES string of the molecule is CCOc1ccc(/C=C/C(=O)NCCCN2CCN(C)CC2)cc1OC. The van der Waals surface area contributed by atoms with Crippen molar-refractivity contribution in [2.45, 2.75) is 13.3 Å². The first-order valence-corrected chi connectivity index (χ1v) is 9.30. The Morgan fingerprint density at radius 3 is 2.69 bits per heavy atom. The molecule has 1 heterocycles. The Kier molecular flexibility index (Phi) is 8.44. The second kappa shape index (κ2) is 10.8. The van der Waals surface area contributed by atoms with Gasteiger partial charge in [-0.05, 0) is 50.7 Å². The Morgan fingerprint density at radius 1 is 1.23 bits per heavy atom. The zero-order valence-corrected chi connectivity index (χ0v) is 16.2. The minimum atomic E-state index is -0.0729. The molecule has 1 amide bonds. The monoisotopic (exact) mass is 361 g/mol. The lowest BCUT2D eigenvalue weighted by atomic mass is 10.2. The third-order valence-corrected chi connectivity index (χ3v) is 4.46. The maximum atomic E-state index is 12.0. The topological polar surface area (TPSA) is 54.0 Å². The summed E-state index contributed by atoms with van der Waals surface area (Å²) in [5.41, 5.74) is 0.901. The van der Waals surface area contributed by atoms with E-state index < -0.39 is 0 Å². The van der Waals surface area contributed by atoms with Gasteiger partial charge >= 0.3 is 0 Å². The van der Waals surface area contributed by atoms with E-state index in [2.05, 4.69) is 22.2 Å². The van der Waals surface area contributed by atoms with E-state index in [-0.39, 0.29) is 5.91 Å². The smallest absolute Gasteiger partial charge is 0.243 e. The van der Waals surface area contributed by atoms with E-state index in [9.17, 15) is 4.79 Å². The molecule has 0 aromatic heterocycles. The molecular weight excluding hydrogens is 330 g/mol. The first-order valence-electron chi connectivity index (χ1n) is 9.30. The molecule has 0 radical (unpaired) electrons. The van der Waals surface area contributed by atoms with Gasteiger partial charge < -0.3 is 24.6 Å². The molecule has 1 aliphatic heterocycles. The van der Waals surface area contributed by atoms with Crippen LogP contribution >= 0.6 is 0 Å². The van der Waals surface area contributed by atoms with Crippen molar-refractivity contribution < 1.29 is 14.3 Å². The van der Waals surface area contributed by atoms with Gasteiger partial charge in [-0.1, -0.05) is 6.07 Å². The summed E-state index contributed by atoms with van der Waals surface area (Å²) in [6.45, 7) is 8.73. The van der Waals surface area contributed by atoms with Crippen LogP contribution in [0.4, 0.5) is 0 Å². The molecule has 0 spiro atoms. The van der Waals surface area contributed by atoms with Crippen molar-refractivity contribution in [2.24, 2.45) is 0 Å². The Morgan fingerprint density at radius 2 is 2.00 bits per heavy atom. The van der Waals surface area contributed by atoms with Crippen LogP contribution in [0.25, 0.3) is 6.08 Å². The second-order valence-corrected chi connectivity index (χ2v) is 6.47. The van der Waals surface area contributed by atoms with Gasteiger partial charge in [-0.2, -0.15) is 0 Å². The lowest BCUT2D eigenvalue weighted by Gasteiger charge is -2.32. The molecule has 1 N–H and O–H groups in total. The zero-order valence-electron chi connectivity index (χ0n) is 16.2. The Hall–Kier alpha value is -2.05. The van der Waals surface area contributed by atoms with E-state index >= 15 is 0 Å². The van der Waals surface area contributed by atoms with Crippen molar-refractivity contribution >= 4 is 12.0 Å². The minimum absolute atomic E-state index is 0.0729. The third kappa shape index (κ3) is 6.69. The van der Waals surface area contributed by atoms with Crippen molar-refractivity contribution in [3.05, 3.63) is 29.8 Å². The van der Waals surface area contributed by atoms with Gasteiger partial charge in [0.15, 0.2) is 11.5 Å². The normalized spacial score (nSPS) is 16.0. The van der Waals surface area contributed by atoms with Crippen LogP contribution in [0, 0.1) is 0 Å². The number of ether oxygens (including phenoxy) is 2. The summed E-state index contributed by atoms with van der Waals surface area (Å²) in [5, 5.41) is 2.94. The first kappa shape index (κ1) is 20.3. The summed E-state index contributed by atoms with van der Waals surface area (Å²) in [7, 11) is 3.77. The largest absolute Gasteiger partial charge is 0.493 e. The molecule has 6 nitrogen and oxygen atoms in total. The van der Waals surface area contributed by atoms with Crippen molar-refractivity contribution in [3.63, 3.8) is 0 Å². The summed E-state index contributed by atoms with van der Waals surface area (Å²) in [4.78, 5) is 16.8. The lowest BCUT2D eigenvalue weighted by molar-refractivity contribution is -0.116. The van der Waals surface area contributed by atoms with Gasteiger partial charge in [0.2, 0.25) is 5.91 Å². The van der Waals surface area contributed by atoms with Crippen molar-refractivity contribution in [2.75, 3.05) is 60.0 Å². The van der Waals surface area contributed by atoms with Crippen LogP contribution in [0.3, 0.4) is 0 Å². The van der Waals surface area contributed by atoms with E-state index in [4.69, 9.17) is 9.47 Å². The average Bonchev–Trinajstić information content (AvgIpc) is 2.66. The molecule has 0 bridgehead atoms. The predicted molar refractivity (Wildman–Crippen MR) is 105 cm³/mol. The molecule has 0 saturated carbocycles. The maximum absolute atomic E-state index is 12.0. The molecule has 1 aromatic carbocycles. The molecule has 0 aliphatic carbocycles. The highest BCUT2D eigenvalue weighted by molar-refractivity contribution is 5.91. The number of amides is 1. The Balaban J connectivity index is 1.71. The predicted octanol–water partition coefficient (Wildman–Crippen LogP) is 1.86. The van der Waals surface area contributed by atoms with Crippen LogP contribution < -0.4 is 14.8 Å². The molecule has 6 heteroatoms. The van der Waals surface area contributed by atoms with Gasteiger partial charge in [0.05, 0.1) is 13.7 Å². The highest BCUT2D eigenvalue weighted by atomic mass is 16.5. The number of carbonyl (C=O) groups is 1. The van der Waals surface area contributed by atoms with Crippen LogP contribution in [0.5, 0.6) is 11.5 Å². The number of rotatable bonds is 9. The van der Waals surface area contributed by atoms with Gasteiger partial charge in [-0.25, -0.2) is 0 Å². The number of nitrogens with zero attached hydrogens (tertiary/aromatic N) is 2. The fourth-order valence-corrected chi connectivity index (χ4v) is 2.88. The third-order valence-electron chi connectivity index (χ3n) is 4.46. The van der Waals surface area contributed by atoms with Crippen molar-refractivity contribution in [1.82, 2.24) is 15.1 Å². The molecule has 2 rings (SSSR count). The molecule has 0 unspecified atom stereocenters. The van der Waals surface area contributed by atoms with Crippen LogP contribution in [-0.4, -0.2) is 75.7 Å². The van der Waals surface area contributed by atoms with E-state index in [1.165, 1.54) is 0 Å². The zero-order chi connectivity index (χ0) is 18.8. The number of piperazine rings is 1. The Labute approximate surface area is 156 Å². The highest BCUT2D eigenvalue weighted by Crippen LogP contribution is 2.28.